The van der Waals surface area contributed by atoms with Crippen LogP contribution in [0.3, 0.4) is 0 Å². The maximum atomic E-state index is 12.0. The third-order valence-electron chi connectivity index (χ3n) is 2.09. The number of rotatable bonds is 2. The molecule has 1 heterocycles. The van der Waals surface area contributed by atoms with Gasteiger partial charge < -0.3 is 14.9 Å². The maximum absolute atomic E-state index is 12.0. The zero-order valence-corrected chi connectivity index (χ0v) is 7.78. The second-order valence-electron chi connectivity index (χ2n) is 3.24. The normalized spacial score (nSPS) is 22.4. The molecule has 1 aliphatic heterocycles. The van der Waals surface area contributed by atoms with Crippen LogP contribution >= 0.6 is 0 Å². The van der Waals surface area contributed by atoms with Gasteiger partial charge in [0.05, 0.1) is 6.54 Å². The molecule has 1 aliphatic rings. The van der Waals surface area contributed by atoms with Crippen LogP contribution in [0.2, 0.25) is 0 Å². The summed E-state index contributed by atoms with van der Waals surface area (Å²) in [5.41, 5.74) is 0. The van der Waals surface area contributed by atoms with Crippen LogP contribution in [0.4, 0.5) is 18.0 Å². The van der Waals surface area contributed by atoms with E-state index in [2.05, 4.69) is 0 Å². The van der Waals surface area contributed by atoms with Crippen molar-refractivity contribution in [3.8, 4) is 0 Å². The smallest absolute Gasteiger partial charge is 0.406 e. The summed E-state index contributed by atoms with van der Waals surface area (Å²) < 4.78 is 35.9. The van der Waals surface area contributed by atoms with Gasteiger partial charge in [0, 0.05) is 7.05 Å². The number of urea groups is 1. The minimum atomic E-state index is -4.51. The molecule has 0 aromatic rings. The second kappa shape index (κ2) is 3.59. The highest BCUT2D eigenvalue weighted by Crippen LogP contribution is 2.21. The molecule has 0 unspecified atom stereocenters. The van der Waals surface area contributed by atoms with Crippen molar-refractivity contribution in [2.45, 2.75) is 12.2 Å². The molecule has 2 amide bonds. The Morgan fingerprint density at radius 2 is 2.13 bits per heavy atom. The first-order valence-electron chi connectivity index (χ1n) is 4.03. The Morgan fingerprint density at radius 1 is 1.60 bits per heavy atom. The Balaban J connectivity index is 2.72. The standard InChI is InChI=1S/C7H9F3N2O3/c1-11-4(5(13)14)2-12(6(11)15)3-7(8,9)10/h4H,2-3H2,1H3,(H,13,14)/t4-/m0/s1. The molecule has 1 fully saturated rings. The van der Waals surface area contributed by atoms with Crippen molar-refractivity contribution >= 4 is 12.0 Å². The van der Waals surface area contributed by atoms with Gasteiger partial charge in [0.25, 0.3) is 0 Å². The first-order valence-corrected chi connectivity index (χ1v) is 4.03. The molecule has 0 aromatic heterocycles. The van der Waals surface area contributed by atoms with E-state index >= 15 is 0 Å². The van der Waals surface area contributed by atoms with Gasteiger partial charge in [-0.2, -0.15) is 13.2 Å². The Hall–Kier alpha value is -1.47. The van der Waals surface area contributed by atoms with E-state index in [0.717, 1.165) is 11.9 Å². The SMILES string of the molecule is CN1C(=O)N(CC(F)(F)F)C[C@H]1C(=O)O. The number of likely N-dealkylation sites (N-methyl/N-ethyl adjacent to an activating group) is 1. The van der Waals surface area contributed by atoms with Gasteiger partial charge >= 0.3 is 18.2 Å². The van der Waals surface area contributed by atoms with E-state index in [1.54, 1.807) is 0 Å². The number of carboxylic acids is 1. The zero-order chi connectivity index (χ0) is 11.8. The van der Waals surface area contributed by atoms with Gasteiger partial charge in [0.2, 0.25) is 0 Å². The summed E-state index contributed by atoms with van der Waals surface area (Å²) in [6, 6.07) is -2.13. The molecule has 1 atom stereocenters. The van der Waals surface area contributed by atoms with Gasteiger partial charge in [0.15, 0.2) is 0 Å². The number of alkyl halides is 3. The quantitative estimate of drug-likeness (QED) is 0.739. The van der Waals surface area contributed by atoms with Gasteiger partial charge in [0.1, 0.15) is 12.6 Å². The van der Waals surface area contributed by atoms with E-state index in [-0.39, 0.29) is 0 Å². The highest BCUT2D eigenvalue weighted by Gasteiger charge is 2.43. The molecule has 1 rings (SSSR count). The number of hydrogen-bond acceptors (Lipinski definition) is 2. The van der Waals surface area contributed by atoms with Crippen LogP contribution in [-0.4, -0.2) is 59.3 Å². The molecule has 5 nitrogen and oxygen atoms in total. The molecule has 0 radical (unpaired) electrons. The van der Waals surface area contributed by atoms with Crippen LogP contribution in [0.25, 0.3) is 0 Å². The summed E-state index contributed by atoms with van der Waals surface area (Å²) in [7, 11) is 1.16. The lowest BCUT2D eigenvalue weighted by atomic mass is 10.3. The molecule has 1 saturated heterocycles. The molecular formula is C7H9F3N2O3. The van der Waals surface area contributed by atoms with Crippen molar-refractivity contribution in [2.24, 2.45) is 0 Å². The minimum Gasteiger partial charge on any atom is -0.480 e. The molecule has 1 N–H and O–H groups in total. The number of carboxylic acid groups (broad SMARTS) is 1. The molecule has 0 spiro atoms. The van der Waals surface area contributed by atoms with Crippen molar-refractivity contribution in [2.75, 3.05) is 20.1 Å². The average molecular weight is 226 g/mol. The summed E-state index contributed by atoms with van der Waals surface area (Å²) in [5.74, 6) is -1.31. The topological polar surface area (TPSA) is 60.9 Å². The molecule has 86 valence electrons. The van der Waals surface area contributed by atoms with Crippen molar-refractivity contribution < 1.29 is 27.9 Å². The van der Waals surface area contributed by atoms with Crippen LogP contribution < -0.4 is 0 Å². The number of aliphatic carboxylic acids is 1. The van der Waals surface area contributed by atoms with Crippen molar-refractivity contribution in [1.29, 1.82) is 0 Å². The van der Waals surface area contributed by atoms with Crippen molar-refractivity contribution in [3.63, 3.8) is 0 Å². The van der Waals surface area contributed by atoms with E-state index in [1.807, 2.05) is 0 Å². The van der Waals surface area contributed by atoms with Crippen LogP contribution in [0.15, 0.2) is 0 Å². The first-order chi connectivity index (χ1) is 6.72. The molecule has 0 aromatic carbocycles. The Kier molecular flexibility index (Phi) is 2.78. The van der Waals surface area contributed by atoms with E-state index in [9.17, 15) is 22.8 Å². The highest BCUT2D eigenvalue weighted by atomic mass is 19.4. The number of nitrogens with zero attached hydrogens (tertiary/aromatic N) is 2. The number of amides is 2. The van der Waals surface area contributed by atoms with Crippen LogP contribution in [0, 0.1) is 0 Å². The van der Waals surface area contributed by atoms with Gasteiger partial charge in [-0.05, 0) is 0 Å². The van der Waals surface area contributed by atoms with Crippen LogP contribution in [0.5, 0.6) is 0 Å². The minimum absolute atomic E-state index is 0.440. The lowest BCUT2D eigenvalue weighted by molar-refractivity contribution is -0.144. The van der Waals surface area contributed by atoms with E-state index in [4.69, 9.17) is 5.11 Å². The maximum Gasteiger partial charge on any atom is 0.406 e. The average Bonchev–Trinajstić information content (AvgIpc) is 2.30. The van der Waals surface area contributed by atoms with E-state index in [1.165, 1.54) is 0 Å². The highest BCUT2D eigenvalue weighted by molar-refractivity contribution is 5.86. The lowest BCUT2D eigenvalue weighted by Gasteiger charge is -2.17. The van der Waals surface area contributed by atoms with E-state index in [0.29, 0.717) is 4.90 Å². The number of hydrogen-bond donors (Lipinski definition) is 1. The van der Waals surface area contributed by atoms with Crippen molar-refractivity contribution in [1.82, 2.24) is 9.80 Å². The largest absolute Gasteiger partial charge is 0.480 e. The lowest BCUT2D eigenvalue weighted by Crippen LogP contribution is -2.37. The Bertz CT molecular complexity index is 292. The third-order valence-corrected chi connectivity index (χ3v) is 2.09. The third kappa shape index (κ3) is 2.51. The summed E-state index contributed by atoms with van der Waals surface area (Å²) in [6.07, 6.45) is -4.51. The summed E-state index contributed by atoms with van der Waals surface area (Å²) >= 11 is 0. The Labute approximate surface area is 83.1 Å². The fourth-order valence-corrected chi connectivity index (χ4v) is 1.36. The summed E-state index contributed by atoms with van der Waals surface area (Å²) in [4.78, 5) is 23.0. The number of halogens is 3. The Morgan fingerprint density at radius 3 is 2.47 bits per heavy atom. The van der Waals surface area contributed by atoms with Crippen molar-refractivity contribution in [3.05, 3.63) is 0 Å². The molecule has 0 aliphatic carbocycles. The summed E-state index contributed by atoms with van der Waals surface area (Å²) in [6.45, 7) is -1.86. The number of carbonyl (C=O) groups is 2. The predicted octanol–water partition coefficient (Wildman–Crippen LogP) is 0.369. The first kappa shape index (κ1) is 11.6. The number of carbonyl (C=O) groups excluding carboxylic acids is 1. The van der Waals surface area contributed by atoms with Gasteiger partial charge in [-0.1, -0.05) is 0 Å². The fraction of sp³-hybridized carbons (Fsp3) is 0.714. The molecule has 15 heavy (non-hydrogen) atoms. The van der Waals surface area contributed by atoms with E-state index < -0.39 is 37.3 Å². The molecule has 8 heteroatoms. The molecular weight excluding hydrogens is 217 g/mol. The fourth-order valence-electron chi connectivity index (χ4n) is 1.36. The molecule has 0 saturated carbocycles. The monoisotopic (exact) mass is 226 g/mol. The van der Waals surface area contributed by atoms with Crippen LogP contribution in [0.1, 0.15) is 0 Å². The zero-order valence-electron chi connectivity index (χ0n) is 7.78. The van der Waals surface area contributed by atoms with Gasteiger partial charge in [-0.3, -0.25) is 0 Å². The molecule has 0 bridgehead atoms. The van der Waals surface area contributed by atoms with Gasteiger partial charge in [-0.25, -0.2) is 9.59 Å². The van der Waals surface area contributed by atoms with Crippen LogP contribution in [-0.2, 0) is 4.79 Å². The summed E-state index contributed by atoms with van der Waals surface area (Å²) in [5, 5.41) is 8.62. The van der Waals surface area contributed by atoms with Gasteiger partial charge in [-0.15, -0.1) is 0 Å². The second-order valence-corrected chi connectivity index (χ2v) is 3.24. The predicted molar refractivity (Wildman–Crippen MR) is 42.2 cm³/mol.